The first-order chi connectivity index (χ1) is 13.9. The monoisotopic (exact) mass is 440 g/mol. The van der Waals surface area contributed by atoms with Crippen molar-refractivity contribution in [2.45, 2.75) is 18.0 Å². The first kappa shape index (κ1) is 20.9. The predicted octanol–water partition coefficient (Wildman–Crippen LogP) is 3.29. The van der Waals surface area contributed by atoms with E-state index in [9.17, 15) is 18.3 Å². The fourth-order valence-electron chi connectivity index (χ4n) is 2.42. The van der Waals surface area contributed by atoms with Gasteiger partial charge >= 0.3 is 5.97 Å². The molecule has 0 bridgehead atoms. The molecule has 2 aromatic heterocycles. The standard InChI is InChI=1S/C18H17ClN2O7S/c19-15-8-16(20-9-12-3-1-5-27-12)14(18(22)23)7-17(15)29(24,25)21-11-26-10-13-4-2-6-28-13/h1-8,20-21H,9-11H2,(H,22,23). The summed E-state index contributed by atoms with van der Waals surface area (Å²) in [7, 11) is -4.11. The number of carboxylic acids is 1. The number of carboxylic acid groups (broad SMARTS) is 1. The number of benzene rings is 1. The van der Waals surface area contributed by atoms with Crippen molar-refractivity contribution in [3.8, 4) is 0 Å². The molecule has 0 saturated carbocycles. The molecule has 3 N–H and O–H groups in total. The van der Waals surface area contributed by atoms with E-state index in [1.807, 2.05) is 0 Å². The minimum absolute atomic E-state index is 0.0687. The third-order valence-electron chi connectivity index (χ3n) is 3.80. The van der Waals surface area contributed by atoms with Crippen LogP contribution in [0.1, 0.15) is 21.9 Å². The number of anilines is 1. The van der Waals surface area contributed by atoms with E-state index in [0.29, 0.717) is 11.5 Å². The highest BCUT2D eigenvalue weighted by Crippen LogP contribution is 2.29. The van der Waals surface area contributed by atoms with E-state index in [1.165, 1.54) is 18.6 Å². The third kappa shape index (κ3) is 5.39. The number of ether oxygens (including phenoxy) is 1. The number of carbonyl (C=O) groups is 1. The lowest BCUT2D eigenvalue weighted by Gasteiger charge is -2.13. The first-order valence-corrected chi connectivity index (χ1v) is 10.2. The molecule has 9 nitrogen and oxygen atoms in total. The first-order valence-electron chi connectivity index (χ1n) is 8.29. The van der Waals surface area contributed by atoms with Gasteiger partial charge in [-0.2, -0.15) is 4.72 Å². The molecule has 0 aliphatic rings. The Hall–Kier alpha value is -2.79. The van der Waals surface area contributed by atoms with Gasteiger partial charge < -0.3 is 24.0 Å². The number of halogens is 1. The molecule has 0 atom stereocenters. The van der Waals surface area contributed by atoms with E-state index >= 15 is 0 Å². The minimum Gasteiger partial charge on any atom is -0.478 e. The van der Waals surface area contributed by atoms with Crippen LogP contribution in [0.5, 0.6) is 0 Å². The van der Waals surface area contributed by atoms with Crippen LogP contribution in [-0.2, 0) is 27.9 Å². The summed E-state index contributed by atoms with van der Waals surface area (Å²) < 4.78 is 42.7. The quantitative estimate of drug-likeness (QED) is 0.323. The molecule has 0 amide bonds. The van der Waals surface area contributed by atoms with Gasteiger partial charge in [-0.15, -0.1) is 0 Å². The lowest BCUT2D eigenvalue weighted by molar-refractivity contribution is 0.0697. The molecule has 3 rings (SSSR count). The van der Waals surface area contributed by atoms with E-state index in [0.717, 1.165) is 6.07 Å². The maximum absolute atomic E-state index is 12.5. The summed E-state index contributed by atoms with van der Waals surface area (Å²) in [5.41, 5.74) is -0.0928. The van der Waals surface area contributed by atoms with Crippen LogP contribution in [0, 0.1) is 0 Å². The minimum atomic E-state index is -4.11. The van der Waals surface area contributed by atoms with Crippen molar-refractivity contribution in [1.29, 1.82) is 0 Å². The van der Waals surface area contributed by atoms with Gasteiger partial charge in [-0.05, 0) is 36.4 Å². The van der Waals surface area contributed by atoms with E-state index in [4.69, 9.17) is 25.2 Å². The molecule has 0 saturated heterocycles. The summed E-state index contributed by atoms with van der Waals surface area (Å²) in [5.74, 6) is -0.207. The van der Waals surface area contributed by atoms with Crippen LogP contribution in [0.2, 0.25) is 5.02 Å². The van der Waals surface area contributed by atoms with E-state index in [-0.39, 0.29) is 41.1 Å². The van der Waals surface area contributed by atoms with Gasteiger partial charge in [0.15, 0.2) is 0 Å². The lowest BCUT2D eigenvalue weighted by atomic mass is 10.1. The molecule has 154 valence electrons. The van der Waals surface area contributed by atoms with Gasteiger partial charge in [0.05, 0.1) is 35.3 Å². The van der Waals surface area contributed by atoms with Crippen molar-refractivity contribution < 1.29 is 31.9 Å². The van der Waals surface area contributed by atoms with Crippen LogP contribution in [-0.4, -0.2) is 26.2 Å². The Morgan fingerprint density at radius 3 is 2.45 bits per heavy atom. The largest absolute Gasteiger partial charge is 0.478 e. The summed E-state index contributed by atoms with van der Waals surface area (Å²) in [6, 6.07) is 8.99. The molecule has 29 heavy (non-hydrogen) atoms. The summed E-state index contributed by atoms with van der Waals surface area (Å²) in [6.07, 6.45) is 2.95. The van der Waals surface area contributed by atoms with Crippen LogP contribution in [0.25, 0.3) is 0 Å². The third-order valence-corrected chi connectivity index (χ3v) is 5.64. The Kier molecular flexibility index (Phi) is 6.60. The predicted molar refractivity (Wildman–Crippen MR) is 103 cm³/mol. The van der Waals surface area contributed by atoms with Crippen LogP contribution < -0.4 is 10.0 Å². The van der Waals surface area contributed by atoms with Gasteiger partial charge in [-0.3, -0.25) is 0 Å². The maximum atomic E-state index is 12.5. The second-order valence-corrected chi connectivity index (χ2v) is 7.93. The average molecular weight is 441 g/mol. The van der Waals surface area contributed by atoms with Crippen molar-refractivity contribution >= 4 is 33.3 Å². The van der Waals surface area contributed by atoms with Crippen LogP contribution in [0.4, 0.5) is 5.69 Å². The highest BCUT2D eigenvalue weighted by Gasteiger charge is 2.23. The number of furan rings is 2. The Morgan fingerprint density at radius 2 is 1.83 bits per heavy atom. The second kappa shape index (κ2) is 9.14. The highest BCUT2D eigenvalue weighted by atomic mass is 35.5. The summed E-state index contributed by atoms with van der Waals surface area (Å²) in [5, 5.41) is 12.2. The molecule has 11 heteroatoms. The van der Waals surface area contributed by atoms with E-state index < -0.39 is 16.0 Å². The van der Waals surface area contributed by atoms with Crippen molar-refractivity contribution in [1.82, 2.24) is 4.72 Å². The number of hydrogen-bond donors (Lipinski definition) is 3. The number of aromatic carboxylic acids is 1. The van der Waals surface area contributed by atoms with Gasteiger partial charge in [0.25, 0.3) is 0 Å². The Bertz CT molecular complexity index is 1060. The molecule has 2 heterocycles. The summed E-state index contributed by atoms with van der Waals surface area (Å²) in [4.78, 5) is 11.2. The van der Waals surface area contributed by atoms with Gasteiger partial charge in [0.1, 0.15) is 29.8 Å². The lowest BCUT2D eigenvalue weighted by Crippen LogP contribution is -2.27. The van der Waals surface area contributed by atoms with E-state index in [1.54, 1.807) is 24.3 Å². The van der Waals surface area contributed by atoms with Crippen molar-refractivity contribution in [2.24, 2.45) is 0 Å². The average Bonchev–Trinajstić information content (AvgIpc) is 3.37. The zero-order valence-corrected chi connectivity index (χ0v) is 16.5. The fraction of sp³-hybridized carbons (Fsp3) is 0.167. The number of nitrogens with one attached hydrogen (secondary N) is 2. The van der Waals surface area contributed by atoms with Gasteiger partial charge in [-0.1, -0.05) is 11.6 Å². The van der Waals surface area contributed by atoms with Gasteiger partial charge in [-0.25, -0.2) is 13.2 Å². The molecular formula is C18H17ClN2O7S. The number of sulfonamides is 1. The zero-order valence-electron chi connectivity index (χ0n) is 14.9. The molecule has 0 fully saturated rings. The van der Waals surface area contributed by atoms with E-state index in [2.05, 4.69) is 10.0 Å². The molecular weight excluding hydrogens is 424 g/mol. The Morgan fingerprint density at radius 1 is 1.14 bits per heavy atom. The maximum Gasteiger partial charge on any atom is 0.337 e. The molecule has 0 spiro atoms. The zero-order chi connectivity index (χ0) is 20.9. The Balaban J connectivity index is 1.73. The molecule has 0 unspecified atom stereocenters. The summed E-state index contributed by atoms with van der Waals surface area (Å²) in [6.45, 7) is -0.0753. The summed E-state index contributed by atoms with van der Waals surface area (Å²) >= 11 is 6.11. The molecule has 0 aliphatic carbocycles. The van der Waals surface area contributed by atoms with Crippen LogP contribution >= 0.6 is 11.6 Å². The van der Waals surface area contributed by atoms with Crippen molar-refractivity contribution in [3.63, 3.8) is 0 Å². The second-order valence-electron chi connectivity index (χ2n) is 5.79. The number of rotatable bonds is 10. The van der Waals surface area contributed by atoms with Gasteiger partial charge in [0.2, 0.25) is 10.0 Å². The smallest absolute Gasteiger partial charge is 0.337 e. The van der Waals surface area contributed by atoms with Crippen LogP contribution in [0.15, 0.2) is 62.7 Å². The van der Waals surface area contributed by atoms with Crippen LogP contribution in [0.3, 0.4) is 0 Å². The molecule has 0 radical (unpaired) electrons. The highest BCUT2D eigenvalue weighted by molar-refractivity contribution is 7.89. The number of hydrogen-bond acceptors (Lipinski definition) is 7. The molecule has 3 aromatic rings. The van der Waals surface area contributed by atoms with Crippen molar-refractivity contribution in [3.05, 3.63) is 71.0 Å². The topological polar surface area (TPSA) is 131 Å². The van der Waals surface area contributed by atoms with Gasteiger partial charge in [0, 0.05) is 0 Å². The van der Waals surface area contributed by atoms with Crippen molar-refractivity contribution in [2.75, 3.05) is 12.0 Å². The normalized spacial score (nSPS) is 11.5. The Labute approximate surface area is 171 Å². The fourth-order valence-corrected chi connectivity index (χ4v) is 3.87. The molecule has 1 aromatic carbocycles. The molecule has 0 aliphatic heterocycles. The SMILES string of the molecule is O=C(O)c1cc(S(=O)(=O)NCOCc2ccco2)c(Cl)cc1NCc1ccco1.